The summed E-state index contributed by atoms with van der Waals surface area (Å²) in [6.07, 6.45) is 3.65. The Balaban J connectivity index is 1.63. The lowest BCUT2D eigenvalue weighted by Crippen LogP contribution is -2.33. The Morgan fingerprint density at radius 1 is 1.27 bits per heavy atom. The van der Waals surface area contributed by atoms with Crippen molar-refractivity contribution in [3.05, 3.63) is 41.7 Å². The standard InChI is InChI=1S/C18H20N4O4/c1-19-17(23)14-9-22(8-13(14)11-6-20-21(2)7-11)18(24)12-4-3-5-15-16(12)26-10-25-15/h3-7,13-14H,8-10H2,1-2H3,(H,19,23)/t13-,14+/m1/s1. The lowest BCUT2D eigenvalue weighted by Gasteiger charge is -2.17. The van der Waals surface area contributed by atoms with Crippen LogP contribution in [0.5, 0.6) is 11.5 Å². The number of likely N-dealkylation sites (tertiary alicyclic amines) is 1. The molecule has 8 heteroatoms. The molecular weight excluding hydrogens is 336 g/mol. The van der Waals surface area contributed by atoms with Gasteiger partial charge in [0.1, 0.15) is 0 Å². The summed E-state index contributed by atoms with van der Waals surface area (Å²) in [4.78, 5) is 27.2. The van der Waals surface area contributed by atoms with Gasteiger partial charge in [-0.15, -0.1) is 0 Å². The van der Waals surface area contributed by atoms with Crippen molar-refractivity contribution in [2.75, 3.05) is 26.9 Å². The Morgan fingerprint density at radius 2 is 2.12 bits per heavy atom. The molecule has 2 aliphatic rings. The Hall–Kier alpha value is -3.03. The van der Waals surface area contributed by atoms with Crippen molar-refractivity contribution in [1.29, 1.82) is 0 Å². The van der Waals surface area contributed by atoms with E-state index in [4.69, 9.17) is 9.47 Å². The van der Waals surface area contributed by atoms with E-state index in [0.717, 1.165) is 5.56 Å². The van der Waals surface area contributed by atoms with E-state index >= 15 is 0 Å². The summed E-state index contributed by atoms with van der Waals surface area (Å²) >= 11 is 0. The van der Waals surface area contributed by atoms with E-state index in [-0.39, 0.29) is 30.4 Å². The SMILES string of the molecule is CNC(=O)[C@H]1CN(C(=O)c2cccc3c2OCO3)C[C@@H]1c1cnn(C)c1. The van der Waals surface area contributed by atoms with Crippen molar-refractivity contribution in [2.24, 2.45) is 13.0 Å². The molecule has 2 aliphatic heterocycles. The summed E-state index contributed by atoms with van der Waals surface area (Å²) in [7, 11) is 3.45. The van der Waals surface area contributed by atoms with Gasteiger partial charge >= 0.3 is 0 Å². The summed E-state index contributed by atoms with van der Waals surface area (Å²) < 4.78 is 12.5. The van der Waals surface area contributed by atoms with Gasteiger partial charge < -0.3 is 19.7 Å². The predicted molar refractivity (Wildman–Crippen MR) is 92.0 cm³/mol. The molecular formula is C18H20N4O4. The first-order chi connectivity index (χ1) is 12.6. The fourth-order valence-corrected chi connectivity index (χ4v) is 3.66. The maximum Gasteiger partial charge on any atom is 0.257 e. The van der Waals surface area contributed by atoms with Crippen LogP contribution in [0.25, 0.3) is 0 Å². The molecule has 3 heterocycles. The van der Waals surface area contributed by atoms with Crippen LogP contribution in [0.15, 0.2) is 30.6 Å². The number of nitrogens with zero attached hydrogens (tertiary/aromatic N) is 3. The molecule has 2 atom stereocenters. The molecule has 1 aromatic carbocycles. The third-order valence-electron chi connectivity index (χ3n) is 4.97. The first-order valence-corrected chi connectivity index (χ1v) is 8.46. The number of aryl methyl sites for hydroxylation is 1. The summed E-state index contributed by atoms with van der Waals surface area (Å²) in [6, 6.07) is 5.27. The van der Waals surface area contributed by atoms with Crippen molar-refractivity contribution >= 4 is 11.8 Å². The molecule has 8 nitrogen and oxygen atoms in total. The zero-order valence-corrected chi connectivity index (χ0v) is 14.6. The number of para-hydroxylation sites is 1. The zero-order chi connectivity index (χ0) is 18.3. The van der Waals surface area contributed by atoms with E-state index in [2.05, 4.69) is 10.4 Å². The minimum Gasteiger partial charge on any atom is -0.454 e. The highest BCUT2D eigenvalue weighted by Gasteiger charge is 2.41. The number of carbonyl (C=O) groups is 2. The molecule has 1 fully saturated rings. The molecule has 0 unspecified atom stereocenters. The van der Waals surface area contributed by atoms with E-state index in [9.17, 15) is 9.59 Å². The number of hydrogen-bond donors (Lipinski definition) is 1. The van der Waals surface area contributed by atoms with Gasteiger partial charge in [-0.3, -0.25) is 14.3 Å². The number of aromatic nitrogens is 2. The Morgan fingerprint density at radius 3 is 2.85 bits per heavy atom. The van der Waals surface area contributed by atoms with Gasteiger partial charge in [-0.1, -0.05) is 6.07 Å². The van der Waals surface area contributed by atoms with Crippen LogP contribution in [0.3, 0.4) is 0 Å². The number of carbonyl (C=O) groups excluding carboxylic acids is 2. The van der Waals surface area contributed by atoms with Crippen LogP contribution >= 0.6 is 0 Å². The highest BCUT2D eigenvalue weighted by Crippen LogP contribution is 2.38. The normalized spacial score (nSPS) is 21.1. The molecule has 2 amide bonds. The first kappa shape index (κ1) is 16.4. The average Bonchev–Trinajstić information content (AvgIpc) is 3.38. The van der Waals surface area contributed by atoms with Gasteiger partial charge in [0.25, 0.3) is 5.91 Å². The molecule has 136 valence electrons. The van der Waals surface area contributed by atoms with E-state index in [1.54, 1.807) is 41.0 Å². The molecule has 26 heavy (non-hydrogen) atoms. The lowest BCUT2D eigenvalue weighted by molar-refractivity contribution is -0.124. The number of nitrogens with one attached hydrogen (secondary N) is 1. The van der Waals surface area contributed by atoms with Gasteiger partial charge in [-0.2, -0.15) is 5.10 Å². The fourth-order valence-electron chi connectivity index (χ4n) is 3.66. The Kier molecular flexibility index (Phi) is 4.02. The third-order valence-corrected chi connectivity index (χ3v) is 4.97. The van der Waals surface area contributed by atoms with Crippen molar-refractivity contribution < 1.29 is 19.1 Å². The minimum absolute atomic E-state index is 0.0768. The van der Waals surface area contributed by atoms with Crippen LogP contribution in [0.2, 0.25) is 0 Å². The third kappa shape index (κ3) is 2.67. The number of fused-ring (bicyclic) bond motifs is 1. The minimum atomic E-state index is -0.318. The summed E-state index contributed by atoms with van der Waals surface area (Å²) in [5, 5.41) is 6.91. The smallest absolute Gasteiger partial charge is 0.257 e. The molecule has 1 saturated heterocycles. The van der Waals surface area contributed by atoms with Crippen LogP contribution in [0.4, 0.5) is 0 Å². The molecule has 0 saturated carbocycles. The Labute approximate surface area is 150 Å². The van der Waals surface area contributed by atoms with Gasteiger partial charge in [0.05, 0.1) is 17.7 Å². The van der Waals surface area contributed by atoms with Gasteiger partial charge in [0.15, 0.2) is 11.5 Å². The molecule has 1 N–H and O–H groups in total. The van der Waals surface area contributed by atoms with Gasteiger partial charge in [-0.25, -0.2) is 0 Å². The van der Waals surface area contributed by atoms with E-state index in [1.807, 2.05) is 13.2 Å². The second-order valence-electron chi connectivity index (χ2n) is 6.52. The van der Waals surface area contributed by atoms with Crippen LogP contribution in [0.1, 0.15) is 21.8 Å². The van der Waals surface area contributed by atoms with Crippen molar-refractivity contribution in [3.8, 4) is 11.5 Å². The molecule has 0 spiro atoms. The maximum absolute atomic E-state index is 13.1. The van der Waals surface area contributed by atoms with Crippen LogP contribution < -0.4 is 14.8 Å². The number of rotatable bonds is 3. The number of benzene rings is 1. The summed E-state index contributed by atoms with van der Waals surface area (Å²) in [5.41, 5.74) is 1.41. The second kappa shape index (κ2) is 6.36. The molecule has 0 aliphatic carbocycles. The number of ether oxygens (including phenoxy) is 2. The van der Waals surface area contributed by atoms with Gasteiger partial charge in [0, 0.05) is 39.3 Å². The quantitative estimate of drug-likeness (QED) is 0.877. The number of amides is 2. The average molecular weight is 356 g/mol. The first-order valence-electron chi connectivity index (χ1n) is 8.46. The molecule has 0 bridgehead atoms. The van der Waals surface area contributed by atoms with Crippen molar-refractivity contribution in [2.45, 2.75) is 5.92 Å². The number of hydrogen-bond acceptors (Lipinski definition) is 5. The van der Waals surface area contributed by atoms with E-state index in [0.29, 0.717) is 30.2 Å². The van der Waals surface area contributed by atoms with Crippen LogP contribution in [-0.2, 0) is 11.8 Å². The van der Waals surface area contributed by atoms with Crippen LogP contribution in [-0.4, -0.2) is 53.4 Å². The van der Waals surface area contributed by atoms with Crippen molar-refractivity contribution in [3.63, 3.8) is 0 Å². The van der Waals surface area contributed by atoms with Crippen molar-refractivity contribution in [1.82, 2.24) is 20.0 Å². The van der Waals surface area contributed by atoms with Crippen LogP contribution in [0, 0.1) is 5.92 Å². The van der Waals surface area contributed by atoms with E-state index < -0.39 is 0 Å². The monoisotopic (exact) mass is 356 g/mol. The molecule has 0 radical (unpaired) electrons. The van der Waals surface area contributed by atoms with E-state index in [1.165, 1.54) is 0 Å². The molecule has 2 aromatic rings. The molecule has 4 rings (SSSR count). The largest absolute Gasteiger partial charge is 0.454 e. The highest BCUT2D eigenvalue weighted by atomic mass is 16.7. The second-order valence-corrected chi connectivity index (χ2v) is 6.52. The maximum atomic E-state index is 13.1. The summed E-state index contributed by atoms with van der Waals surface area (Å²) in [5.74, 6) is 0.392. The lowest BCUT2D eigenvalue weighted by atomic mass is 9.90. The predicted octanol–water partition coefficient (Wildman–Crippen LogP) is 0.751. The van der Waals surface area contributed by atoms with Gasteiger partial charge in [-0.05, 0) is 17.7 Å². The Bertz CT molecular complexity index is 863. The molecule has 1 aromatic heterocycles. The zero-order valence-electron chi connectivity index (χ0n) is 14.6. The summed E-state index contributed by atoms with van der Waals surface area (Å²) in [6.45, 7) is 0.911. The topological polar surface area (TPSA) is 85.7 Å². The van der Waals surface area contributed by atoms with Gasteiger partial charge in [0.2, 0.25) is 12.7 Å². The fraction of sp³-hybridized carbons (Fsp3) is 0.389. The highest BCUT2D eigenvalue weighted by molar-refractivity contribution is 5.98.